The van der Waals surface area contributed by atoms with Crippen LogP contribution in [0, 0.1) is 7.14 Å². The normalized spacial score (nSPS) is 10.9. The summed E-state index contributed by atoms with van der Waals surface area (Å²) >= 11 is 10.7. The van der Waals surface area contributed by atoms with Gasteiger partial charge in [0.2, 0.25) is 5.89 Å². The zero-order valence-electron chi connectivity index (χ0n) is 13.7. The Morgan fingerprint density at radius 1 is 1.04 bits per heavy atom. The minimum atomic E-state index is -0.177. The van der Waals surface area contributed by atoms with Crippen LogP contribution in [-0.4, -0.2) is 10.9 Å². The van der Waals surface area contributed by atoms with Gasteiger partial charge in [-0.3, -0.25) is 4.79 Å². The molecule has 0 aliphatic heterocycles. The molecular weight excluding hydrogens is 589 g/mol. The van der Waals surface area contributed by atoms with Crippen molar-refractivity contribution in [1.29, 1.82) is 0 Å². The average Bonchev–Trinajstić information content (AvgIpc) is 3.09. The average molecular weight is 601 g/mol. The summed E-state index contributed by atoms with van der Waals surface area (Å²) in [5.41, 5.74) is 3.32. The van der Waals surface area contributed by atoms with Gasteiger partial charge in [0, 0.05) is 12.8 Å². The molecule has 1 aromatic heterocycles. The van der Waals surface area contributed by atoms with Crippen molar-refractivity contribution in [3.8, 4) is 11.5 Å². The molecule has 4 rings (SSSR count). The van der Waals surface area contributed by atoms with E-state index >= 15 is 0 Å². The SMILES string of the molecule is O=C(Nc1ccc(Cl)c(-c2nc3ccccc3o2)c1)c1cc(I)ccc1I. The maximum atomic E-state index is 12.7. The van der Waals surface area contributed by atoms with Gasteiger partial charge in [0.25, 0.3) is 5.91 Å². The highest BCUT2D eigenvalue weighted by Gasteiger charge is 2.15. The number of benzene rings is 3. The first-order valence-electron chi connectivity index (χ1n) is 7.93. The molecule has 1 N–H and O–H groups in total. The summed E-state index contributed by atoms with van der Waals surface area (Å²) in [5.74, 6) is 0.241. The van der Waals surface area contributed by atoms with Crippen molar-refractivity contribution in [2.45, 2.75) is 0 Å². The molecule has 4 nitrogen and oxygen atoms in total. The van der Waals surface area contributed by atoms with E-state index in [1.54, 1.807) is 18.2 Å². The van der Waals surface area contributed by atoms with Crippen molar-refractivity contribution in [2.75, 3.05) is 5.32 Å². The van der Waals surface area contributed by atoms with Crippen molar-refractivity contribution in [3.05, 3.63) is 78.4 Å². The summed E-state index contributed by atoms with van der Waals surface area (Å²) < 4.78 is 7.69. The van der Waals surface area contributed by atoms with Crippen molar-refractivity contribution in [3.63, 3.8) is 0 Å². The second-order valence-corrected chi connectivity index (χ2v) is 8.57. The fourth-order valence-corrected chi connectivity index (χ4v) is 3.89. The highest BCUT2D eigenvalue weighted by atomic mass is 127. The lowest BCUT2D eigenvalue weighted by Gasteiger charge is -2.09. The first-order chi connectivity index (χ1) is 13.0. The number of carbonyl (C=O) groups is 1. The second-order valence-electron chi connectivity index (χ2n) is 5.76. The van der Waals surface area contributed by atoms with Gasteiger partial charge in [-0.25, -0.2) is 4.98 Å². The Balaban J connectivity index is 1.68. The van der Waals surface area contributed by atoms with Gasteiger partial charge in [-0.15, -0.1) is 0 Å². The highest BCUT2D eigenvalue weighted by molar-refractivity contribution is 14.1. The van der Waals surface area contributed by atoms with E-state index in [0.29, 0.717) is 33.3 Å². The second kappa shape index (κ2) is 7.76. The molecule has 0 aliphatic rings. The number of anilines is 1. The molecule has 134 valence electrons. The van der Waals surface area contributed by atoms with Gasteiger partial charge < -0.3 is 9.73 Å². The van der Waals surface area contributed by atoms with Crippen LogP contribution >= 0.6 is 56.8 Å². The standard InChI is InChI=1S/C20H11ClI2N2O2/c21-15-7-6-12(24-19(26)14-9-11(22)5-8-16(14)23)10-13(15)20-25-17-3-1-2-4-18(17)27-20/h1-10H,(H,24,26). The lowest BCUT2D eigenvalue weighted by molar-refractivity contribution is 0.102. The summed E-state index contributed by atoms with van der Waals surface area (Å²) in [5, 5.41) is 3.43. The summed E-state index contributed by atoms with van der Waals surface area (Å²) in [4.78, 5) is 17.2. The fraction of sp³-hybridized carbons (Fsp3) is 0. The predicted molar refractivity (Wildman–Crippen MR) is 124 cm³/mol. The monoisotopic (exact) mass is 600 g/mol. The van der Waals surface area contributed by atoms with E-state index in [1.807, 2.05) is 42.5 Å². The maximum absolute atomic E-state index is 12.7. The Hall–Kier alpha value is -1.65. The summed E-state index contributed by atoms with van der Waals surface area (Å²) in [6.45, 7) is 0. The third kappa shape index (κ3) is 3.97. The number of para-hydroxylation sites is 2. The molecule has 3 aromatic carbocycles. The van der Waals surface area contributed by atoms with E-state index < -0.39 is 0 Å². The van der Waals surface area contributed by atoms with E-state index in [4.69, 9.17) is 16.0 Å². The van der Waals surface area contributed by atoms with Gasteiger partial charge in [-0.1, -0.05) is 23.7 Å². The number of hydrogen-bond acceptors (Lipinski definition) is 3. The highest BCUT2D eigenvalue weighted by Crippen LogP contribution is 2.32. The minimum Gasteiger partial charge on any atom is -0.436 e. The minimum absolute atomic E-state index is 0.177. The maximum Gasteiger partial charge on any atom is 0.256 e. The van der Waals surface area contributed by atoms with Gasteiger partial charge in [0.15, 0.2) is 5.58 Å². The Morgan fingerprint density at radius 2 is 1.85 bits per heavy atom. The number of carbonyl (C=O) groups excluding carboxylic acids is 1. The molecule has 1 amide bonds. The summed E-state index contributed by atoms with van der Waals surface area (Å²) in [6, 6.07) is 18.5. The zero-order valence-corrected chi connectivity index (χ0v) is 18.7. The lowest BCUT2D eigenvalue weighted by Crippen LogP contribution is -2.13. The Labute approximate surface area is 187 Å². The van der Waals surface area contributed by atoms with E-state index in [1.165, 1.54) is 0 Å². The number of amides is 1. The fourth-order valence-electron chi connectivity index (χ4n) is 2.62. The van der Waals surface area contributed by atoms with Crippen LogP contribution in [0.2, 0.25) is 5.02 Å². The molecule has 0 fully saturated rings. The Morgan fingerprint density at radius 3 is 2.67 bits per heavy atom. The topological polar surface area (TPSA) is 55.1 Å². The van der Waals surface area contributed by atoms with Crippen LogP contribution < -0.4 is 5.32 Å². The van der Waals surface area contributed by atoms with E-state index in [-0.39, 0.29) is 5.91 Å². The van der Waals surface area contributed by atoms with Gasteiger partial charge in [-0.2, -0.15) is 0 Å². The van der Waals surface area contributed by atoms with Gasteiger partial charge >= 0.3 is 0 Å². The third-order valence-electron chi connectivity index (χ3n) is 3.92. The van der Waals surface area contributed by atoms with Crippen molar-refractivity contribution in [1.82, 2.24) is 4.98 Å². The van der Waals surface area contributed by atoms with Crippen molar-refractivity contribution in [2.24, 2.45) is 0 Å². The van der Waals surface area contributed by atoms with Crippen LogP contribution in [0.1, 0.15) is 10.4 Å². The molecule has 0 atom stereocenters. The lowest BCUT2D eigenvalue weighted by atomic mass is 10.1. The van der Waals surface area contributed by atoms with Crippen molar-refractivity contribution >= 4 is 79.5 Å². The molecule has 1 heterocycles. The van der Waals surface area contributed by atoms with E-state index in [9.17, 15) is 4.79 Å². The molecule has 0 saturated carbocycles. The van der Waals surface area contributed by atoms with Crippen LogP contribution in [0.4, 0.5) is 5.69 Å². The molecule has 0 bridgehead atoms. The molecular formula is C20H11ClI2N2O2. The quantitative estimate of drug-likeness (QED) is 0.270. The van der Waals surface area contributed by atoms with Crippen LogP contribution in [-0.2, 0) is 0 Å². The first kappa shape index (κ1) is 18.7. The number of aromatic nitrogens is 1. The van der Waals surface area contributed by atoms with E-state index in [2.05, 4.69) is 55.5 Å². The largest absolute Gasteiger partial charge is 0.436 e. The number of nitrogens with one attached hydrogen (secondary N) is 1. The smallest absolute Gasteiger partial charge is 0.256 e. The molecule has 4 aromatic rings. The number of hydrogen-bond donors (Lipinski definition) is 1. The Kier molecular flexibility index (Phi) is 5.38. The number of rotatable bonds is 3. The molecule has 0 aliphatic carbocycles. The van der Waals surface area contributed by atoms with Crippen molar-refractivity contribution < 1.29 is 9.21 Å². The van der Waals surface area contributed by atoms with Crippen LogP contribution in [0.15, 0.2) is 65.1 Å². The predicted octanol–water partition coefficient (Wildman–Crippen LogP) is 6.61. The first-order valence-corrected chi connectivity index (χ1v) is 10.5. The van der Waals surface area contributed by atoms with Crippen LogP contribution in [0.5, 0.6) is 0 Å². The van der Waals surface area contributed by atoms with E-state index in [0.717, 1.165) is 12.7 Å². The summed E-state index contributed by atoms with van der Waals surface area (Å²) in [6.07, 6.45) is 0. The van der Waals surface area contributed by atoms with Gasteiger partial charge in [-0.05, 0) is 93.7 Å². The number of nitrogens with zero attached hydrogens (tertiary/aromatic N) is 1. The summed E-state index contributed by atoms with van der Waals surface area (Å²) in [7, 11) is 0. The molecule has 0 unspecified atom stereocenters. The number of halogens is 3. The molecule has 27 heavy (non-hydrogen) atoms. The molecule has 0 spiro atoms. The molecule has 0 radical (unpaired) electrons. The molecule has 7 heteroatoms. The van der Waals surface area contributed by atoms with Gasteiger partial charge in [0.1, 0.15) is 5.52 Å². The zero-order chi connectivity index (χ0) is 19.0. The molecule has 0 saturated heterocycles. The van der Waals surface area contributed by atoms with Crippen LogP contribution in [0.25, 0.3) is 22.6 Å². The Bertz CT molecular complexity index is 1140. The number of fused-ring (bicyclic) bond motifs is 1. The third-order valence-corrected chi connectivity index (χ3v) is 5.86. The number of oxazole rings is 1. The van der Waals surface area contributed by atoms with Gasteiger partial charge in [0.05, 0.1) is 16.1 Å². The van der Waals surface area contributed by atoms with Crippen LogP contribution in [0.3, 0.4) is 0 Å².